The van der Waals surface area contributed by atoms with E-state index >= 15 is 0 Å². The SMILES string of the molecule is CO[C@H](CCOC(=O)CS)[C@H](OC(=O)Nc1ccc(C#N)cc1)c1cc(Br)ccc1O. The van der Waals surface area contributed by atoms with Gasteiger partial charge in [0.05, 0.1) is 24.0 Å². The van der Waals surface area contributed by atoms with Crippen molar-refractivity contribution in [2.75, 3.05) is 24.8 Å². The lowest BCUT2D eigenvalue weighted by Gasteiger charge is -2.27. The third kappa shape index (κ3) is 7.47. The summed E-state index contributed by atoms with van der Waals surface area (Å²) in [6.45, 7) is 0.0176. The summed E-state index contributed by atoms with van der Waals surface area (Å²) in [7, 11) is 1.43. The molecule has 2 aromatic carbocycles. The minimum Gasteiger partial charge on any atom is -0.508 e. The number of amides is 1. The first-order valence-corrected chi connectivity index (χ1v) is 10.6. The summed E-state index contributed by atoms with van der Waals surface area (Å²) in [6, 6.07) is 13.0. The van der Waals surface area contributed by atoms with E-state index in [1.54, 1.807) is 36.4 Å². The van der Waals surface area contributed by atoms with Crippen molar-refractivity contribution in [3.05, 3.63) is 58.1 Å². The number of nitrogens with zero attached hydrogens (tertiary/aromatic N) is 1. The lowest BCUT2D eigenvalue weighted by Crippen LogP contribution is -2.29. The second-order valence-corrected chi connectivity index (χ2v) is 7.52. The second-order valence-electron chi connectivity index (χ2n) is 6.28. The molecule has 0 aliphatic carbocycles. The molecule has 0 unspecified atom stereocenters. The zero-order chi connectivity index (χ0) is 22.8. The van der Waals surface area contributed by atoms with Crippen LogP contribution in [0.1, 0.15) is 23.7 Å². The van der Waals surface area contributed by atoms with E-state index < -0.39 is 24.3 Å². The predicted molar refractivity (Wildman–Crippen MR) is 120 cm³/mol. The van der Waals surface area contributed by atoms with Gasteiger partial charge in [-0.1, -0.05) is 15.9 Å². The van der Waals surface area contributed by atoms with E-state index in [1.807, 2.05) is 6.07 Å². The van der Waals surface area contributed by atoms with Gasteiger partial charge in [-0.15, -0.1) is 0 Å². The quantitative estimate of drug-likeness (QED) is 0.343. The summed E-state index contributed by atoms with van der Waals surface area (Å²) in [6.07, 6.45) is -2.31. The fraction of sp³-hybridized carbons (Fsp3) is 0.286. The van der Waals surface area contributed by atoms with Gasteiger partial charge in [-0.3, -0.25) is 10.1 Å². The largest absolute Gasteiger partial charge is 0.508 e. The van der Waals surface area contributed by atoms with Crippen molar-refractivity contribution in [2.45, 2.75) is 18.6 Å². The van der Waals surface area contributed by atoms with Gasteiger partial charge in [0.25, 0.3) is 0 Å². The zero-order valence-corrected chi connectivity index (χ0v) is 19.1. The molecular weight excluding hydrogens is 488 g/mol. The Labute approximate surface area is 193 Å². The molecule has 2 rings (SSSR count). The fourth-order valence-electron chi connectivity index (χ4n) is 2.71. The fourth-order valence-corrected chi connectivity index (χ4v) is 3.18. The average molecular weight is 509 g/mol. The Morgan fingerprint density at radius 3 is 2.58 bits per heavy atom. The standard InChI is InChI=1S/C21H21BrN2O6S/c1-28-18(8-9-29-19(26)12-31)20(16-10-14(22)4-7-17(16)25)30-21(27)24-15-5-2-13(11-23)3-6-15/h2-7,10,18,20,25,31H,8-9,12H2,1H3,(H,24,27)/t18-,20-/m1/s1. The highest BCUT2D eigenvalue weighted by Crippen LogP contribution is 2.34. The molecule has 0 aliphatic rings. The Morgan fingerprint density at radius 1 is 1.26 bits per heavy atom. The number of hydrogen-bond acceptors (Lipinski definition) is 8. The monoisotopic (exact) mass is 508 g/mol. The van der Waals surface area contributed by atoms with Crippen LogP contribution < -0.4 is 5.32 Å². The van der Waals surface area contributed by atoms with Crippen molar-refractivity contribution in [1.82, 2.24) is 0 Å². The molecule has 2 N–H and O–H groups in total. The topological polar surface area (TPSA) is 118 Å². The van der Waals surface area contributed by atoms with E-state index in [-0.39, 0.29) is 24.5 Å². The van der Waals surface area contributed by atoms with Crippen LogP contribution in [0.4, 0.5) is 10.5 Å². The summed E-state index contributed by atoms with van der Waals surface area (Å²) < 4.78 is 16.8. The normalized spacial score (nSPS) is 12.3. The molecule has 0 radical (unpaired) electrons. The van der Waals surface area contributed by atoms with Crippen LogP contribution in [-0.2, 0) is 19.0 Å². The number of thiol groups is 1. The molecular formula is C21H21BrN2O6S. The summed E-state index contributed by atoms with van der Waals surface area (Å²) >= 11 is 7.19. The van der Waals surface area contributed by atoms with Crippen molar-refractivity contribution in [3.8, 4) is 11.8 Å². The number of aromatic hydroxyl groups is 1. The highest BCUT2D eigenvalue weighted by atomic mass is 79.9. The Morgan fingerprint density at radius 2 is 1.97 bits per heavy atom. The molecule has 2 aromatic rings. The summed E-state index contributed by atoms with van der Waals surface area (Å²) in [5.41, 5.74) is 1.20. The van der Waals surface area contributed by atoms with E-state index in [2.05, 4.69) is 33.9 Å². The van der Waals surface area contributed by atoms with Crippen molar-refractivity contribution in [1.29, 1.82) is 5.26 Å². The molecule has 0 heterocycles. The van der Waals surface area contributed by atoms with Crippen LogP contribution in [0.25, 0.3) is 0 Å². The molecule has 164 valence electrons. The number of carbonyl (C=O) groups excluding carboxylic acids is 2. The van der Waals surface area contributed by atoms with Crippen LogP contribution in [0.2, 0.25) is 0 Å². The number of hydrogen-bond donors (Lipinski definition) is 3. The van der Waals surface area contributed by atoms with E-state index in [1.165, 1.54) is 13.2 Å². The number of rotatable bonds is 9. The maximum atomic E-state index is 12.6. The lowest BCUT2D eigenvalue weighted by molar-refractivity contribution is -0.141. The number of ether oxygens (including phenoxy) is 3. The van der Waals surface area contributed by atoms with Gasteiger partial charge in [0.15, 0.2) is 6.10 Å². The molecule has 0 aromatic heterocycles. The van der Waals surface area contributed by atoms with Crippen LogP contribution in [0.5, 0.6) is 5.75 Å². The Hall–Kier alpha value is -2.74. The minimum absolute atomic E-state index is 0.0176. The van der Waals surface area contributed by atoms with Gasteiger partial charge in [-0.2, -0.15) is 17.9 Å². The van der Waals surface area contributed by atoms with Gasteiger partial charge in [0.1, 0.15) is 11.9 Å². The van der Waals surface area contributed by atoms with Gasteiger partial charge >= 0.3 is 12.1 Å². The maximum Gasteiger partial charge on any atom is 0.412 e. The first kappa shape index (κ1) is 24.5. The van der Waals surface area contributed by atoms with Crippen molar-refractivity contribution >= 4 is 46.3 Å². The minimum atomic E-state index is -1.00. The molecule has 0 bridgehead atoms. The van der Waals surface area contributed by atoms with Crippen LogP contribution in [0.15, 0.2) is 46.9 Å². The number of methoxy groups -OCH3 is 1. The highest BCUT2D eigenvalue weighted by Gasteiger charge is 2.30. The number of esters is 1. The average Bonchev–Trinajstić information content (AvgIpc) is 2.77. The number of anilines is 1. The molecule has 8 nitrogen and oxygen atoms in total. The van der Waals surface area contributed by atoms with Crippen LogP contribution in [0, 0.1) is 11.3 Å². The molecule has 0 saturated heterocycles. The van der Waals surface area contributed by atoms with Crippen LogP contribution >= 0.6 is 28.6 Å². The second kappa shape index (κ2) is 12.2. The van der Waals surface area contributed by atoms with Gasteiger partial charge in [-0.25, -0.2) is 4.79 Å². The van der Waals surface area contributed by atoms with Crippen molar-refractivity contribution in [2.24, 2.45) is 0 Å². The molecule has 31 heavy (non-hydrogen) atoms. The molecule has 2 atom stereocenters. The Bertz CT molecular complexity index is 948. The molecule has 0 spiro atoms. The van der Waals surface area contributed by atoms with Crippen molar-refractivity contribution in [3.63, 3.8) is 0 Å². The van der Waals surface area contributed by atoms with Gasteiger partial charge < -0.3 is 19.3 Å². The van der Waals surface area contributed by atoms with E-state index in [4.69, 9.17) is 19.5 Å². The van der Waals surface area contributed by atoms with Gasteiger partial charge in [0.2, 0.25) is 0 Å². The highest BCUT2D eigenvalue weighted by molar-refractivity contribution is 9.10. The Kier molecular flexibility index (Phi) is 9.65. The first-order valence-electron chi connectivity index (χ1n) is 9.13. The molecule has 0 fully saturated rings. The third-order valence-electron chi connectivity index (χ3n) is 4.23. The van der Waals surface area contributed by atoms with E-state index in [9.17, 15) is 14.7 Å². The number of benzene rings is 2. The zero-order valence-electron chi connectivity index (χ0n) is 16.6. The first-order chi connectivity index (χ1) is 14.9. The van der Waals surface area contributed by atoms with E-state index in [0.717, 1.165) is 0 Å². The number of carbonyl (C=O) groups is 2. The number of phenolic OH excluding ortho intramolecular Hbond substituents is 1. The lowest BCUT2D eigenvalue weighted by atomic mass is 10.0. The molecule has 1 amide bonds. The predicted octanol–water partition coefficient (Wildman–Crippen LogP) is 4.19. The van der Waals surface area contributed by atoms with Gasteiger partial charge in [0, 0.05) is 29.3 Å². The van der Waals surface area contributed by atoms with E-state index in [0.29, 0.717) is 21.3 Å². The van der Waals surface area contributed by atoms with Crippen molar-refractivity contribution < 1.29 is 28.9 Å². The number of phenols is 1. The van der Waals surface area contributed by atoms with Crippen LogP contribution in [-0.4, -0.2) is 42.7 Å². The smallest absolute Gasteiger partial charge is 0.412 e. The van der Waals surface area contributed by atoms with Gasteiger partial charge in [-0.05, 0) is 42.5 Å². The summed E-state index contributed by atoms with van der Waals surface area (Å²) in [4.78, 5) is 23.9. The molecule has 10 heteroatoms. The number of nitriles is 1. The third-order valence-corrected chi connectivity index (χ3v) is 4.98. The summed E-state index contributed by atoms with van der Waals surface area (Å²) in [5.74, 6) is -0.634. The molecule has 0 saturated carbocycles. The number of halogens is 1. The summed E-state index contributed by atoms with van der Waals surface area (Å²) in [5, 5.41) is 21.8. The van der Waals surface area contributed by atoms with Crippen LogP contribution in [0.3, 0.4) is 0 Å². The number of nitrogens with one attached hydrogen (secondary N) is 1. The maximum absolute atomic E-state index is 12.6. The Balaban J connectivity index is 2.21. The molecule has 0 aliphatic heterocycles.